The average molecular weight is 170 g/mol. The van der Waals surface area contributed by atoms with Crippen LogP contribution in [0.2, 0.25) is 0 Å². The second kappa shape index (κ2) is 6.94. The van der Waals surface area contributed by atoms with Crippen molar-refractivity contribution in [2.45, 2.75) is 0 Å². The van der Waals surface area contributed by atoms with Gasteiger partial charge in [0.05, 0.1) is 0 Å². The van der Waals surface area contributed by atoms with Crippen LogP contribution < -0.4 is 21.3 Å². The van der Waals surface area contributed by atoms with Gasteiger partial charge in [-0.2, -0.15) is 0 Å². The van der Waals surface area contributed by atoms with Crippen LogP contribution in [0, 0.1) is 0 Å². The highest BCUT2D eigenvalue weighted by Gasteiger charge is 1.91. The van der Waals surface area contributed by atoms with E-state index in [9.17, 15) is 0 Å². The Morgan fingerprint density at radius 1 is 0.583 bits per heavy atom. The van der Waals surface area contributed by atoms with Crippen molar-refractivity contribution in [3.63, 3.8) is 0 Å². The summed E-state index contributed by atoms with van der Waals surface area (Å²) in [4.78, 5) is 0. The monoisotopic (exact) mass is 170 g/mol. The van der Waals surface area contributed by atoms with Crippen molar-refractivity contribution in [2.75, 3.05) is 39.3 Å². The molecule has 2 heterocycles. The Balaban J connectivity index is 0.000000120. The Morgan fingerprint density at radius 3 is 1.17 bits per heavy atom. The van der Waals surface area contributed by atoms with Gasteiger partial charge in [0.25, 0.3) is 0 Å². The third kappa shape index (κ3) is 4.98. The van der Waals surface area contributed by atoms with E-state index in [-0.39, 0.29) is 0 Å². The van der Waals surface area contributed by atoms with E-state index in [1.165, 1.54) is 0 Å². The first-order chi connectivity index (χ1) is 6.00. The van der Waals surface area contributed by atoms with E-state index in [0.717, 1.165) is 39.3 Å². The van der Waals surface area contributed by atoms with Crippen LogP contribution in [0.5, 0.6) is 0 Å². The van der Waals surface area contributed by atoms with Crippen LogP contribution in [0.15, 0.2) is 12.4 Å². The molecule has 12 heavy (non-hydrogen) atoms. The van der Waals surface area contributed by atoms with E-state index in [1.54, 1.807) is 0 Å². The molecule has 2 aliphatic heterocycles. The Bertz CT molecular complexity index is 101. The lowest BCUT2D eigenvalue weighted by Gasteiger charge is -2.11. The maximum Gasteiger partial charge on any atom is 0.0315 e. The first-order valence-corrected chi connectivity index (χ1v) is 4.53. The predicted octanol–water partition coefficient (Wildman–Crippen LogP) is -1.17. The van der Waals surface area contributed by atoms with Gasteiger partial charge in [-0.05, 0) is 0 Å². The molecule has 0 spiro atoms. The quantitative estimate of drug-likeness (QED) is 0.370. The van der Waals surface area contributed by atoms with Crippen molar-refractivity contribution >= 4 is 0 Å². The van der Waals surface area contributed by atoms with Gasteiger partial charge in [-0.15, -0.1) is 0 Å². The molecule has 2 rings (SSSR count). The molecule has 1 saturated heterocycles. The zero-order chi connectivity index (χ0) is 8.49. The van der Waals surface area contributed by atoms with Gasteiger partial charge in [-0.25, -0.2) is 0 Å². The lowest BCUT2D eigenvalue weighted by atomic mass is 10.4. The maximum atomic E-state index is 3.22. The van der Waals surface area contributed by atoms with Gasteiger partial charge in [0.15, 0.2) is 0 Å². The molecule has 1 fully saturated rings. The summed E-state index contributed by atoms with van der Waals surface area (Å²) in [6.45, 7) is 6.66. The standard InChI is InChI=1S/C4H10N2.C4H8N2/c2*1-2-6-4-3-5-1/h5-6H,1-4H2;1-2,5-6H,3-4H2. The molecule has 0 bridgehead atoms. The van der Waals surface area contributed by atoms with Crippen molar-refractivity contribution in [3.05, 3.63) is 12.4 Å². The summed E-state index contributed by atoms with van der Waals surface area (Å²) in [5.41, 5.74) is 0. The molecule has 0 atom stereocenters. The van der Waals surface area contributed by atoms with E-state index >= 15 is 0 Å². The lowest BCUT2D eigenvalue weighted by Crippen LogP contribution is -2.39. The van der Waals surface area contributed by atoms with Crippen LogP contribution in [-0.4, -0.2) is 39.3 Å². The molecule has 4 N–H and O–H groups in total. The molecular formula is C8H18N4. The largest absolute Gasteiger partial charge is 0.388 e. The smallest absolute Gasteiger partial charge is 0.0315 e. The number of hydrogen-bond donors (Lipinski definition) is 4. The maximum absolute atomic E-state index is 3.22. The zero-order valence-corrected chi connectivity index (χ0v) is 7.40. The number of nitrogens with one attached hydrogen (secondary N) is 4. The fourth-order valence-corrected chi connectivity index (χ4v) is 1.03. The minimum atomic E-state index is 1.05. The van der Waals surface area contributed by atoms with Crippen molar-refractivity contribution < 1.29 is 0 Å². The fourth-order valence-electron chi connectivity index (χ4n) is 1.03. The van der Waals surface area contributed by atoms with E-state index in [4.69, 9.17) is 0 Å². The Morgan fingerprint density at radius 2 is 1.00 bits per heavy atom. The van der Waals surface area contributed by atoms with E-state index in [0.29, 0.717) is 0 Å². The van der Waals surface area contributed by atoms with Gasteiger partial charge in [-0.1, -0.05) is 0 Å². The van der Waals surface area contributed by atoms with Crippen LogP contribution in [-0.2, 0) is 0 Å². The molecule has 0 saturated carbocycles. The number of hydrogen-bond acceptors (Lipinski definition) is 4. The highest BCUT2D eigenvalue weighted by atomic mass is 15.0. The van der Waals surface area contributed by atoms with Gasteiger partial charge in [0.2, 0.25) is 0 Å². The first kappa shape index (κ1) is 9.35. The first-order valence-electron chi connectivity index (χ1n) is 4.53. The summed E-state index contributed by atoms with van der Waals surface area (Å²) < 4.78 is 0. The van der Waals surface area contributed by atoms with E-state index in [1.807, 2.05) is 12.4 Å². The summed E-state index contributed by atoms with van der Waals surface area (Å²) >= 11 is 0. The van der Waals surface area contributed by atoms with Crippen molar-refractivity contribution in [1.82, 2.24) is 21.3 Å². The molecule has 4 heteroatoms. The Hall–Kier alpha value is -0.740. The van der Waals surface area contributed by atoms with Gasteiger partial charge in [-0.3, -0.25) is 0 Å². The average Bonchev–Trinajstić information content (AvgIpc) is 2.24. The summed E-state index contributed by atoms with van der Waals surface area (Å²) in [5.74, 6) is 0. The van der Waals surface area contributed by atoms with E-state index < -0.39 is 0 Å². The molecule has 0 unspecified atom stereocenters. The highest BCUT2D eigenvalue weighted by Crippen LogP contribution is 1.68. The van der Waals surface area contributed by atoms with Crippen LogP contribution in [0.4, 0.5) is 0 Å². The molecule has 0 aromatic rings. The third-order valence-electron chi connectivity index (χ3n) is 1.69. The van der Waals surface area contributed by atoms with E-state index in [2.05, 4.69) is 21.3 Å². The minimum absolute atomic E-state index is 1.05. The second-order valence-corrected chi connectivity index (χ2v) is 2.74. The molecule has 0 radical (unpaired) electrons. The number of rotatable bonds is 0. The number of piperazine rings is 1. The van der Waals surface area contributed by atoms with Crippen molar-refractivity contribution in [2.24, 2.45) is 0 Å². The molecule has 0 aromatic heterocycles. The van der Waals surface area contributed by atoms with Crippen LogP contribution >= 0.6 is 0 Å². The Labute approximate surface area is 73.8 Å². The zero-order valence-electron chi connectivity index (χ0n) is 7.40. The molecular weight excluding hydrogens is 152 g/mol. The summed E-state index contributed by atoms with van der Waals surface area (Å²) in [7, 11) is 0. The summed E-state index contributed by atoms with van der Waals surface area (Å²) in [6, 6.07) is 0. The highest BCUT2D eigenvalue weighted by molar-refractivity contribution is 4.81. The summed E-state index contributed by atoms with van der Waals surface area (Å²) in [6.07, 6.45) is 3.81. The predicted molar refractivity (Wildman–Crippen MR) is 50.9 cm³/mol. The van der Waals surface area contributed by atoms with Gasteiger partial charge < -0.3 is 21.3 Å². The SMILES string of the molecule is C1=CNCCN1.C1CNCCN1. The van der Waals surface area contributed by atoms with Gasteiger partial charge in [0, 0.05) is 51.7 Å². The fraction of sp³-hybridized carbons (Fsp3) is 0.750. The topological polar surface area (TPSA) is 48.1 Å². The minimum Gasteiger partial charge on any atom is -0.388 e. The van der Waals surface area contributed by atoms with Crippen molar-refractivity contribution in [1.29, 1.82) is 0 Å². The molecule has 4 nitrogen and oxygen atoms in total. The third-order valence-corrected chi connectivity index (χ3v) is 1.69. The molecule has 0 aliphatic carbocycles. The van der Waals surface area contributed by atoms with Crippen molar-refractivity contribution in [3.8, 4) is 0 Å². The summed E-state index contributed by atoms with van der Waals surface area (Å²) in [5, 5.41) is 12.5. The van der Waals surface area contributed by atoms with Crippen LogP contribution in [0.25, 0.3) is 0 Å². The molecule has 0 amide bonds. The Kier molecular flexibility index (Phi) is 5.41. The molecule has 70 valence electrons. The van der Waals surface area contributed by atoms with Crippen LogP contribution in [0.3, 0.4) is 0 Å². The second-order valence-electron chi connectivity index (χ2n) is 2.74. The normalized spacial score (nSPS) is 21.3. The van der Waals surface area contributed by atoms with Gasteiger partial charge >= 0.3 is 0 Å². The van der Waals surface area contributed by atoms with Gasteiger partial charge in [0.1, 0.15) is 0 Å². The molecule has 0 aromatic carbocycles. The molecule has 2 aliphatic rings. The lowest BCUT2D eigenvalue weighted by molar-refractivity contribution is 0.534. The van der Waals surface area contributed by atoms with Crippen LogP contribution in [0.1, 0.15) is 0 Å².